The van der Waals surface area contributed by atoms with E-state index in [1.807, 2.05) is 29.2 Å². The maximum atomic E-state index is 12.6. The van der Waals surface area contributed by atoms with Crippen LogP contribution in [-0.4, -0.2) is 23.9 Å². The number of benzene rings is 1. The van der Waals surface area contributed by atoms with Crippen molar-refractivity contribution in [2.24, 2.45) is 0 Å². The van der Waals surface area contributed by atoms with Crippen molar-refractivity contribution in [1.29, 1.82) is 0 Å². The highest BCUT2D eigenvalue weighted by molar-refractivity contribution is 5.81. The zero-order valence-corrected chi connectivity index (χ0v) is 11.8. The Morgan fingerprint density at radius 2 is 1.95 bits per heavy atom. The van der Waals surface area contributed by atoms with Gasteiger partial charge in [-0.25, -0.2) is 0 Å². The van der Waals surface area contributed by atoms with Crippen molar-refractivity contribution in [3.63, 3.8) is 0 Å². The summed E-state index contributed by atoms with van der Waals surface area (Å²) < 4.78 is 1.06. The van der Waals surface area contributed by atoms with Crippen LogP contribution in [0.3, 0.4) is 0 Å². The molecule has 0 radical (unpaired) electrons. The summed E-state index contributed by atoms with van der Waals surface area (Å²) in [4.78, 5) is 13.4. The highest BCUT2D eigenvalue weighted by atomic mass is 16.5. The topological polar surface area (TPSA) is 47.2 Å². The van der Waals surface area contributed by atoms with Crippen LogP contribution < -0.4 is 4.73 Å². The Bertz CT molecular complexity index is 642. The number of nitrogens with zero attached hydrogens (tertiary/aromatic N) is 2. The summed E-state index contributed by atoms with van der Waals surface area (Å²) in [6.07, 6.45) is 1.39. The average Bonchev–Trinajstić information content (AvgIpc) is 2.68. The van der Waals surface area contributed by atoms with Crippen molar-refractivity contribution in [2.75, 3.05) is 13.1 Å². The molecule has 104 valence electrons. The maximum Gasteiger partial charge on any atom is 0.224 e. The molecule has 0 saturated carbocycles. The summed E-state index contributed by atoms with van der Waals surface area (Å²) in [7, 11) is 0. The number of amides is 1. The molecule has 1 aromatic heterocycles. The molecule has 1 aliphatic heterocycles. The lowest BCUT2D eigenvalue weighted by molar-refractivity contribution is -0.586. The Morgan fingerprint density at radius 3 is 2.70 bits per heavy atom. The van der Waals surface area contributed by atoms with Crippen LogP contribution in [0.2, 0.25) is 0 Å². The van der Waals surface area contributed by atoms with Gasteiger partial charge in [0, 0.05) is 31.6 Å². The van der Waals surface area contributed by atoms with Crippen LogP contribution in [0.5, 0.6) is 0 Å². The molecule has 0 spiro atoms. The zero-order valence-electron chi connectivity index (χ0n) is 11.8. The van der Waals surface area contributed by atoms with Gasteiger partial charge in [-0.2, -0.15) is 4.73 Å². The Balaban J connectivity index is 2.17. The van der Waals surface area contributed by atoms with E-state index in [0.717, 1.165) is 33.3 Å². The SMILES string of the molecule is CC(=O)N1CCc2c(C)c3ccccc3[n+]([O-])c2CC1. The van der Waals surface area contributed by atoms with Crippen LogP contribution in [0.25, 0.3) is 10.9 Å². The third kappa shape index (κ3) is 1.92. The first-order chi connectivity index (χ1) is 9.59. The number of rotatable bonds is 0. The van der Waals surface area contributed by atoms with Gasteiger partial charge in [0.25, 0.3) is 0 Å². The summed E-state index contributed by atoms with van der Waals surface area (Å²) in [6, 6.07) is 7.71. The molecule has 20 heavy (non-hydrogen) atoms. The van der Waals surface area contributed by atoms with E-state index in [2.05, 4.69) is 6.92 Å². The number of aryl methyl sites for hydroxylation is 1. The van der Waals surface area contributed by atoms with E-state index in [9.17, 15) is 10.0 Å². The Hall–Kier alpha value is -2.10. The van der Waals surface area contributed by atoms with Crippen LogP contribution in [0.1, 0.15) is 23.7 Å². The number of carbonyl (C=O) groups excluding carboxylic acids is 1. The van der Waals surface area contributed by atoms with Gasteiger partial charge in [-0.05, 0) is 25.0 Å². The normalized spacial score (nSPS) is 15.0. The molecule has 0 atom stereocenters. The average molecular weight is 270 g/mol. The van der Waals surface area contributed by atoms with E-state index in [-0.39, 0.29) is 5.91 Å². The molecule has 2 heterocycles. The first kappa shape index (κ1) is 12.9. The second-order valence-electron chi connectivity index (χ2n) is 5.37. The quantitative estimate of drug-likeness (QED) is 0.540. The zero-order chi connectivity index (χ0) is 14.3. The second-order valence-corrected chi connectivity index (χ2v) is 5.37. The van der Waals surface area contributed by atoms with E-state index >= 15 is 0 Å². The van der Waals surface area contributed by atoms with Crippen molar-refractivity contribution in [2.45, 2.75) is 26.7 Å². The number of carbonyl (C=O) groups is 1. The smallest absolute Gasteiger partial charge is 0.224 e. The second kappa shape index (κ2) is 4.78. The largest absolute Gasteiger partial charge is 0.618 e. The molecule has 1 aliphatic rings. The number of para-hydroxylation sites is 1. The Kier molecular flexibility index (Phi) is 3.08. The van der Waals surface area contributed by atoms with Gasteiger partial charge >= 0.3 is 0 Å². The highest BCUT2D eigenvalue weighted by Crippen LogP contribution is 2.24. The minimum absolute atomic E-state index is 0.0810. The molecule has 0 unspecified atom stereocenters. The summed E-state index contributed by atoms with van der Waals surface area (Å²) >= 11 is 0. The third-order valence-corrected chi connectivity index (χ3v) is 4.27. The first-order valence-corrected chi connectivity index (χ1v) is 6.97. The predicted octanol–water partition coefficient (Wildman–Crippen LogP) is 1.73. The monoisotopic (exact) mass is 270 g/mol. The number of aromatic nitrogens is 1. The standard InChI is InChI=1S/C16H18N2O2/c1-11-13-5-3-4-6-15(13)18(20)16-8-10-17(12(2)19)9-7-14(11)16/h3-6H,7-10H2,1-2H3. The minimum atomic E-state index is 0.0810. The summed E-state index contributed by atoms with van der Waals surface area (Å²) in [5.74, 6) is 0.0810. The van der Waals surface area contributed by atoms with E-state index in [1.54, 1.807) is 6.92 Å². The van der Waals surface area contributed by atoms with Crippen molar-refractivity contribution in [3.8, 4) is 0 Å². The molecule has 0 fully saturated rings. The molecule has 4 heteroatoms. The Labute approximate surface area is 118 Å². The van der Waals surface area contributed by atoms with Gasteiger partial charge in [-0.3, -0.25) is 4.79 Å². The summed E-state index contributed by atoms with van der Waals surface area (Å²) in [5, 5.41) is 13.6. The Morgan fingerprint density at radius 1 is 1.25 bits per heavy atom. The number of hydrogen-bond donors (Lipinski definition) is 0. The molecule has 0 N–H and O–H groups in total. The van der Waals surface area contributed by atoms with Gasteiger partial charge in [0.1, 0.15) is 0 Å². The van der Waals surface area contributed by atoms with Crippen LogP contribution in [0.15, 0.2) is 24.3 Å². The van der Waals surface area contributed by atoms with Crippen LogP contribution in [-0.2, 0) is 17.6 Å². The van der Waals surface area contributed by atoms with E-state index in [0.29, 0.717) is 19.5 Å². The molecule has 2 aromatic rings. The van der Waals surface area contributed by atoms with Gasteiger partial charge in [0.2, 0.25) is 11.4 Å². The van der Waals surface area contributed by atoms with Crippen LogP contribution in [0.4, 0.5) is 0 Å². The number of fused-ring (bicyclic) bond motifs is 2. The van der Waals surface area contributed by atoms with Gasteiger partial charge in [-0.15, -0.1) is 0 Å². The van der Waals surface area contributed by atoms with Crippen LogP contribution >= 0.6 is 0 Å². The lowest BCUT2D eigenvalue weighted by Crippen LogP contribution is -2.36. The lowest BCUT2D eigenvalue weighted by atomic mass is 9.98. The minimum Gasteiger partial charge on any atom is -0.618 e. The molecular formula is C16H18N2O2. The fourth-order valence-corrected chi connectivity index (χ4v) is 3.11. The molecule has 0 aliphatic carbocycles. The van der Waals surface area contributed by atoms with Crippen LogP contribution in [0, 0.1) is 12.1 Å². The first-order valence-electron chi connectivity index (χ1n) is 6.97. The fraction of sp³-hybridized carbons (Fsp3) is 0.375. The summed E-state index contributed by atoms with van der Waals surface area (Å²) in [6.45, 7) is 4.99. The lowest BCUT2D eigenvalue weighted by Gasteiger charge is -2.16. The molecule has 0 bridgehead atoms. The number of hydrogen-bond acceptors (Lipinski definition) is 2. The third-order valence-electron chi connectivity index (χ3n) is 4.27. The highest BCUT2D eigenvalue weighted by Gasteiger charge is 2.25. The van der Waals surface area contributed by atoms with Gasteiger partial charge in [-0.1, -0.05) is 12.1 Å². The maximum absolute atomic E-state index is 12.6. The fourth-order valence-electron chi connectivity index (χ4n) is 3.11. The molecule has 1 amide bonds. The van der Waals surface area contributed by atoms with Gasteiger partial charge < -0.3 is 10.1 Å². The molecule has 3 rings (SSSR count). The van der Waals surface area contributed by atoms with Gasteiger partial charge in [0.05, 0.1) is 11.8 Å². The molecule has 4 nitrogen and oxygen atoms in total. The van der Waals surface area contributed by atoms with Crippen molar-refractivity contribution in [1.82, 2.24) is 4.90 Å². The van der Waals surface area contributed by atoms with Crippen molar-refractivity contribution < 1.29 is 9.52 Å². The van der Waals surface area contributed by atoms with Crippen molar-refractivity contribution in [3.05, 3.63) is 46.3 Å². The van der Waals surface area contributed by atoms with E-state index < -0.39 is 0 Å². The van der Waals surface area contributed by atoms with Crippen molar-refractivity contribution >= 4 is 16.8 Å². The summed E-state index contributed by atoms with van der Waals surface area (Å²) in [5.41, 5.74) is 3.83. The molecule has 0 saturated heterocycles. The predicted molar refractivity (Wildman–Crippen MR) is 77.3 cm³/mol. The molecule has 1 aromatic carbocycles. The van der Waals surface area contributed by atoms with Gasteiger partial charge in [0.15, 0.2) is 5.69 Å². The van der Waals surface area contributed by atoms with E-state index in [1.165, 1.54) is 5.56 Å². The van der Waals surface area contributed by atoms with E-state index in [4.69, 9.17) is 0 Å². The number of pyridine rings is 1. The molecular weight excluding hydrogens is 252 g/mol.